The molecule has 1 heterocycles. The highest BCUT2D eigenvalue weighted by Gasteiger charge is 2.35. The first-order chi connectivity index (χ1) is 13.3. The molecule has 0 aromatic heterocycles. The minimum atomic E-state index is -0.490. The fraction of sp³-hybridized carbons (Fsp3) is 0.391. The van der Waals surface area contributed by atoms with Crippen LogP contribution in [0.4, 0.5) is 0 Å². The summed E-state index contributed by atoms with van der Waals surface area (Å²) in [5.41, 5.74) is 3.24. The molecule has 4 nitrogen and oxygen atoms in total. The lowest BCUT2D eigenvalue weighted by atomic mass is 9.92. The summed E-state index contributed by atoms with van der Waals surface area (Å²) in [7, 11) is 0. The van der Waals surface area contributed by atoms with E-state index in [0.717, 1.165) is 16.7 Å². The topological polar surface area (TPSA) is 49.4 Å². The first-order valence-electron chi connectivity index (χ1n) is 9.77. The van der Waals surface area contributed by atoms with Crippen molar-refractivity contribution in [3.8, 4) is 0 Å². The van der Waals surface area contributed by atoms with E-state index in [9.17, 15) is 9.59 Å². The Morgan fingerprint density at radius 3 is 2.36 bits per heavy atom. The second-order valence-electron chi connectivity index (χ2n) is 7.89. The highest BCUT2D eigenvalue weighted by atomic mass is 35.5. The number of nitrogens with one attached hydrogen (secondary N) is 1. The summed E-state index contributed by atoms with van der Waals surface area (Å²) in [6.45, 7) is 6.47. The maximum atomic E-state index is 13.1. The van der Waals surface area contributed by atoms with E-state index >= 15 is 0 Å². The van der Waals surface area contributed by atoms with E-state index < -0.39 is 6.04 Å². The quantitative estimate of drug-likeness (QED) is 0.805. The molecule has 0 saturated heterocycles. The van der Waals surface area contributed by atoms with Crippen LogP contribution < -0.4 is 5.32 Å². The number of hydrogen-bond acceptors (Lipinski definition) is 2. The van der Waals surface area contributed by atoms with Crippen molar-refractivity contribution in [1.82, 2.24) is 10.2 Å². The van der Waals surface area contributed by atoms with Gasteiger partial charge in [-0.2, -0.15) is 0 Å². The Balaban J connectivity index is 1.80. The van der Waals surface area contributed by atoms with Crippen LogP contribution in [0.2, 0.25) is 5.02 Å². The predicted molar refractivity (Wildman–Crippen MR) is 112 cm³/mol. The molecule has 5 heteroatoms. The molecular weight excluding hydrogens is 372 g/mol. The first kappa shape index (κ1) is 20.4. The molecule has 0 spiro atoms. The van der Waals surface area contributed by atoms with Gasteiger partial charge in [-0.05, 0) is 41.7 Å². The normalized spacial score (nSPS) is 17.2. The van der Waals surface area contributed by atoms with E-state index in [1.807, 2.05) is 69.3 Å². The lowest BCUT2D eigenvalue weighted by Gasteiger charge is -2.37. The monoisotopic (exact) mass is 398 g/mol. The molecule has 2 atom stereocenters. The van der Waals surface area contributed by atoms with Gasteiger partial charge in [0.05, 0.1) is 6.04 Å². The van der Waals surface area contributed by atoms with Gasteiger partial charge in [0.15, 0.2) is 0 Å². The number of nitrogens with zero attached hydrogens (tertiary/aromatic N) is 1. The average Bonchev–Trinajstić information content (AvgIpc) is 2.66. The smallest absolute Gasteiger partial charge is 0.243 e. The number of fused-ring (bicyclic) bond motifs is 1. The lowest BCUT2D eigenvalue weighted by Crippen LogP contribution is -2.53. The van der Waals surface area contributed by atoms with Gasteiger partial charge in [-0.15, -0.1) is 0 Å². The number of hydrogen-bond donors (Lipinski definition) is 1. The zero-order chi connectivity index (χ0) is 20.3. The maximum Gasteiger partial charge on any atom is 0.243 e. The van der Waals surface area contributed by atoms with Crippen molar-refractivity contribution in [3.05, 3.63) is 70.2 Å². The molecule has 0 aliphatic carbocycles. The zero-order valence-electron chi connectivity index (χ0n) is 16.6. The summed E-state index contributed by atoms with van der Waals surface area (Å²) in [6, 6.07) is 14.8. The number of benzene rings is 2. The zero-order valence-corrected chi connectivity index (χ0v) is 17.4. The molecule has 148 valence electrons. The molecule has 2 unspecified atom stereocenters. The average molecular weight is 399 g/mol. The van der Waals surface area contributed by atoms with Gasteiger partial charge in [0.25, 0.3) is 0 Å². The molecular formula is C23H27ClN2O2. The van der Waals surface area contributed by atoms with Gasteiger partial charge in [-0.1, -0.05) is 61.8 Å². The molecule has 0 saturated carbocycles. The molecule has 2 aromatic carbocycles. The third-order valence-electron chi connectivity index (χ3n) is 5.18. The molecule has 1 aliphatic heterocycles. The van der Waals surface area contributed by atoms with E-state index in [4.69, 9.17) is 11.6 Å². The van der Waals surface area contributed by atoms with Crippen LogP contribution in [0.3, 0.4) is 0 Å². The van der Waals surface area contributed by atoms with Crippen LogP contribution in [0, 0.1) is 5.92 Å². The van der Waals surface area contributed by atoms with Crippen molar-refractivity contribution in [2.75, 3.05) is 0 Å². The van der Waals surface area contributed by atoms with E-state index in [0.29, 0.717) is 24.4 Å². The van der Waals surface area contributed by atoms with Crippen molar-refractivity contribution in [2.45, 2.75) is 52.2 Å². The Morgan fingerprint density at radius 2 is 1.71 bits per heavy atom. The highest BCUT2D eigenvalue weighted by molar-refractivity contribution is 6.30. The Kier molecular flexibility index (Phi) is 6.40. The van der Waals surface area contributed by atoms with Crippen molar-refractivity contribution in [2.24, 2.45) is 5.92 Å². The first-order valence-corrected chi connectivity index (χ1v) is 10.1. The minimum Gasteiger partial charge on any atom is -0.348 e. The summed E-state index contributed by atoms with van der Waals surface area (Å²) < 4.78 is 0. The van der Waals surface area contributed by atoms with Crippen molar-refractivity contribution in [1.29, 1.82) is 0 Å². The minimum absolute atomic E-state index is 0.0313. The van der Waals surface area contributed by atoms with Crippen molar-refractivity contribution in [3.63, 3.8) is 0 Å². The lowest BCUT2D eigenvalue weighted by molar-refractivity contribution is -0.142. The summed E-state index contributed by atoms with van der Waals surface area (Å²) in [5.74, 6) is 0.166. The summed E-state index contributed by atoms with van der Waals surface area (Å²) in [6.07, 6.45) is 0.984. The maximum absolute atomic E-state index is 13.1. The number of amides is 2. The Labute approximate surface area is 171 Å². The van der Waals surface area contributed by atoms with Crippen LogP contribution >= 0.6 is 11.6 Å². The third kappa shape index (κ3) is 4.74. The number of rotatable bonds is 5. The molecule has 2 amide bonds. The predicted octanol–water partition coefficient (Wildman–Crippen LogP) is 4.52. The van der Waals surface area contributed by atoms with Crippen LogP contribution in [0.5, 0.6) is 0 Å². The molecule has 0 bridgehead atoms. The highest BCUT2D eigenvalue weighted by Crippen LogP contribution is 2.26. The SMILES string of the molecule is CC(C)CC(=O)N1Cc2ccccc2CC1C(=O)NC(C)c1ccc(Cl)cc1. The molecule has 28 heavy (non-hydrogen) atoms. The van der Waals surface area contributed by atoms with Crippen molar-refractivity contribution < 1.29 is 9.59 Å². The molecule has 0 radical (unpaired) electrons. The van der Waals surface area contributed by atoms with Crippen LogP contribution in [0.15, 0.2) is 48.5 Å². The molecule has 1 aliphatic rings. The van der Waals surface area contributed by atoms with Crippen LogP contribution in [0.25, 0.3) is 0 Å². The van der Waals surface area contributed by atoms with Gasteiger partial charge in [0.2, 0.25) is 11.8 Å². The largest absolute Gasteiger partial charge is 0.348 e. The second kappa shape index (κ2) is 8.78. The van der Waals surface area contributed by atoms with Gasteiger partial charge in [-0.3, -0.25) is 9.59 Å². The molecule has 1 N–H and O–H groups in total. The Morgan fingerprint density at radius 1 is 1.07 bits per heavy atom. The molecule has 0 fully saturated rings. The second-order valence-corrected chi connectivity index (χ2v) is 8.33. The fourth-order valence-corrected chi connectivity index (χ4v) is 3.76. The van der Waals surface area contributed by atoms with Crippen molar-refractivity contribution >= 4 is 23.4 Å². The van der Waals surface area contributed by atoms with E-state index in [1.165, 1.54) is 0 Å². The fourth-order valence-electron chi connectivity index (χ4n) is 3.63. The Bertz CT molecular complexity index is 848. The van der Waals surface area contributed by atoms with Crippen LogP contribution in [-0.4, -0.2) is 22.8 Å². The van der Waals surface area contributed by atoms with Crippen LogP contribution in [0.1, 0.15) is 49.9 Å². The van der Waals surface area contributed by atoms with Gasteiger partial charge < -0.3 is 10.2 Å². The summed E-state index contributed by atoms with van der Waals surface area (Å²) >= 11 is 5.96. The molecule has 2 aromatic rings. The molecule has 3 rings (SSSR count). The number of carbonyl (C=O) groups is 2. The summed E-state index contributed by atoms with van der Waals surface area (Å²) in [4.78, 5) is 27.7. The number of halogens is 1. The number of carbonyl (C=O) groups excluding carboxylic acids is 2. The Hall–Kier alpha value is -2.33. The standard InChI is InChI=1S/C23H27ClN2O2/c1-15(2)12-22(27)26-14-19-7-5-4-6-18(19)13-21(26)23(28)25-16(3)17-8-10-20(24)11-9-17/h4-11,15-16,21H,12-14H2,1-3H3,(H,25,28). The van der Waals surface area contributed by atoms with E-state index in [-0.39, 0.29) is 23.8 Å². The summed E-state index contributed by atoms with van der Waals surface area (Å²) in [5, 5.41) is 3.74. The van der Waals surface area contributed by atoms with Gasteiger partial charge in [0.1, 0.15) is 6.04 Å². The van der Waals surface area contributed by atoms with Gasteiger partial charge in [-0.25, -0.2) is 0 Å². The van der Waals surface area contributed by atoms with Gasteiger partial charge in [0, 0.05) is 24.4 Å². The van der Waals surface area contributed by atoms with Gasteiger partial charge >= 0.3 is 0 Å². The van der Waals surface area contributed by atoms with E-state index in [2.05, 4.69) is 5.32 Å². The van der Waals surface area contributed by atoms with E-state index in [1.54, 1.807) is 4.90 Å². The third-order valence-corrected chi connectivity index (χ3v) is 5.44. The van der Waals surface area contributed by atoms with Crippen LogP contribution in [-0.2, 0) is 22.6 Å².